The van der Waals surface area contributed by atoms with E-state index in [-0.39, 0.29) is 41.4 Å². The number of ketones is 1. The number of likely N-dealkylation sites (tertiary alicyclic amines) is 1. The Morgan fingerprint density at radius 2 is 1.49 bits per heavy atom. The smallest absolute Gasteiger partial charge is 0.318 e. The molecule has 1 saturated heterocycles. The number of nitrogens with zero attached hydrogens (tertiary/aromatic N) is 3. The van der Waals surface area contributed by atoms with Crippen molar-refractivity contribution in [2.75, 3.05) is 34.2 Å². The van der Waals surface area contributed by atoms with Crippen molar-refractivity contribution in [2.45, 2.75) is 104 Å². The third-order valence-electron chi connectivity index (χ3n) is 11.1. The molecule has 3 fully saturated rings. The van der Waals surface area contributed by atoms with Crippen LogP contribution in [0.1, 0.15) is 86.3 Å². The molecule has 4 N–H and O–H groups in total. The van der Waals surface area contributed by atoms with Crippen molar-refractivity contribution in [3.63, 3.8) is 0 Å². The molecule has 53 heavy (non-hydrogen) atoms. The molecule has 7 amide bonds. The highest BCUT2D eigenvalue weighted by molar-refractivity contribution is 6.38. The summed E-state index contributed by atoms with van der Waals surface area (Å²) in [7, 11) is 4.80. The number of carbonyl (C=O) groups is 7. The zero-order valence-corrected chi connectivity index (χ0v) is 33.2. The molecule has 4 rings (SSSR count). The van der Waals surface area contributed by atoms with Crippen molar-refractivity contribution in [1.82, 2.24) is 36.0 Å². The molecule has 3 aliphatic rings. The van der Waals surface area contributed by atoms with Gasteiger partial charge in [0.1, 0.15) is 18.1 Å². The van der Waals surface area contributed by atoms with E-state index in [1.165, 1.54) is 14.7 Å². The van der Waals surface area contributed by atoms with Crippen LogP contribution in [0.25, 0.3) is 0 Å². The van der Waals surface area contributed by atoms with Gasteiger partial charge in [0.2, 0.25) is 29.4 Å². The van der Waals surface area contributed by atoms with Gasteiger partial charge in [-0.25, -0.2) is 4.79 Å². The third kappa shape index (κ3) is 9.55. The number of hydrogen-bond donors (Lipinski definition) is 4. The lowest BCUT2D eigenvalue weighted by Gasteiger charge is -2.40. The Morgan fingerprint density at radius 3 is 2.02 bits per heavy atom. The first kappa shape index (κ1) is 41.3. The van der Waals surface area contributed by atoms with Crippen LogP contribution in [-0.4, -0.2) is 114 Å². The van der Waals surface area contributed by atoms with E-state index < -0.39 is 71.2 Å². The van der Waals surface area contributed by atoms with Gasteiger partial charge < -0.3 is 36.0 Å². The van der Waals surface area contributed by atoms with Crippen LogP contribution in [-0.2, 0) is 28.8 Å². The van der Waals surface area contributed by atoms with Gasteiger partial charge >= 0.3 is 6.03 Å². The van der Waals surface area contributed by atoms with E-state index >= 15 is 0 Å². The van der Waals surface area contributed by atoms with E-state index in [0.717, 1.165) is 12.8 Å². The summed E-state index contributed by atoms with van der Waals surface area (Å²) in [5.74, 6) is -3.85. The van der Waals surface area contributed by atoms with Crippen LogP contribution < -0.4 is 21.3 Å². The van der Waals surface area contributed by atoms with E-state index in [2.05, 4.69) is 21.3 Å². The summed E-state index contributed by atoms with van der Waals surface area (Å²) in [5, 5.41) is 10.7. The van der Waals surface area contributed by atoms with Crippen LogP contribution in [0.2, 0.25) is 0 Å². The zero-order chi connectivity index (χ0) is 39.8. The van der Waals surface area contributed by atoms with Gasteiger partial charge in [-0.2, -0.15) is 0 Å². The largest absolute Gasteiger partial charge is 0.347 e. The first-order valence-electron chi connectivity index (χ1n) is 18.5. The van der Waals surface area contributed by atoms with Crippen molar-refractivity contribution in [3.05, 3.63) is 35.9 Å². The van der Waals surface area contributed by atoms with Gasteiger partial charge in [-0.3, -0.25) is 28.8 Å². The second-order valence-electron chi connectivity index (χ2n) is 17.8. The summed E-state index contributed by atoms with van der Waals surface area (Å²) in [4.78, 5) is 98.8. The summed E-state index contributed by atoms with van der Waals surface area (Å²) in [6.45, 7) is 15.1. The number of carbonyl (C=O) groups excluding carboxylic acids is 7. The fourth-order valence-corrected chi connectivity index (χ4v) is 7.14. The molecular weight excluding hydrogens is 678 g/mol. The topological polar surface area (TPSA) is 177 Å². The highest BCUT2D eigenvalue weighted by Gasteiger charge is 2.70. The lowest BCUT2D eigenvalue weighted by Crippen LogP contribution is -2.62. The Kier molecular flexibility index (Phi) is 12.0. The van der Waals surface area contributed by atoms with E-state index in [4.69, 9.17) is 0 Å². The Bertz CT molecular complexity index is 1590. The van der Waals surface area contributed by atoms with Crippen molar-refractivity contribution in [3.8, 4) is 0 Å². The molecule has 2 aliphatic carbocycles. The molecule has 0 aromatic heterocycles. The summed E-state index contributed by atoms with van der Waals surface area (Å²) in [6, 6.07) is 4.26. The van der Waals surface area contributed by atoms with Crippen LogP contribution in [0, 0.1) is 28.6 Å². The number of hydrogen-bond acceptors (Lipinski definition) is 7. The van der Waals surface area contributed by atoms with Crippen molar-refractivity contribution in [2.24, 2.45) is 28.6 Å². The van der Waals surface area contributed by atoms with Gasteiger partial charge in [-0.15, -0.1) is 0 Å². The molecule has 0 spiro atoms. The predicted molar refractivity (Wildman–Crippen MR) is 199 cm³/mol. The van der Waals surface area contributed by atoms with Crippen LogP contribution in [0.15, 0.2) is 30.3 Å². The third-order valence-corrected chi connectivity index (χ3v) is 11.1. The fraction of sp³-hybridized carbons (Fsp3) is 0.667. The van der Waals surface area contributed by atoms with Crippen LogP contribution in [0.3, 0.4) is 0 Å². The summed E-state index contributed by atoms with van der Waals surface area (Å²) < 4.78 is 0. The SMILES string of the molecule is CN(C)C(=O)[C@@H](NC(=O)CNC(=O)C(=O)C(CC1CC1)NC(=O)[C@@H]1[C@@H]2[C@H](CN1C(=O)[C@@H](NC(=O)N(C)C(C)(C)C)C(C)(C)C)C2(C)C)c1ccccc1. The molecule has 2 saturated carbocycles. The Balaban J connectivity index is 1.47. The minimum absolute atomic E-state index is 0.0502. The highest BCUT2D eigenvalue weighted by atomic mass is 16.2. The lowest BCUT2D eigenvalue weighted by molar-refractivity contribution is -0.145. The maximum atomic E-state index is 14.3. The molecule has 14 heteroatoms. The van der Waals surface area contributed by atoms with E-state index in [1.54, 1.807) is 51.5 Å². The fourth-order valence-electron chi connectivity index (χ4n) is 7.14. The monoisotopic (exact) mass is 737 g/mol. The highest BCUT2D eigenvalue weighted by Crippen LogP contribution is 2.65. The van der Waals surface area contributed by atoms with Gasteiger partial charge in [0.05, 0.1) is 12.6 Å². The van der Waals surface area contributed by atoms with Gasteiger partial charge in [0.15, 0.2) is 0 Å². The number of Topliss-reactive ketones (excluding diaryl/α,β-unsaturated/α-hetero) is 1. The number of urea groups is 1. The molecule has 1 unspecified atom stereocenters. The minimum Gasteiger partial charge on any atom is -0.347 e. The van der Waals surface area contributed by atoms with E-state index in [0.29, 0.717) is 12.1 Å². The number of nitrogens with one attached hydrogen (secondary N) is 4. The van der Waals surface area contributed by atoms with Gasteiger partial charge in [0.25, 0.3) is 5.91 Å². The average Bonchev–Trinajstić information content (AvgIpc) is 3.93. The first-order chi connectivity index (χ1) is 24.5. The Morgan fingerprint density at radius 1 is 0.887 bits per heavy atom. The van der Waals surface area contributed by atoms with Crippen LogP contribution >= 0.6 is 0 Å². The van der Waals surface area contributed by atoms with E-state index in [1.807, 2.05) is 55.4 Å². The number of piperidine rings is 1. The number of likely N-dealkylation sites (N-methyl/N-ethyl adjacent to an activating group) is 1. The molecule has 0 bridgehead atoms. The molecule has 1 aromatic rings. The standard InChI is InChI=1S/C39H59N7O7/c1-37(2,3)31(43-36(53)45(11)38(4,5)6)35(52)46-21-24-27(39(24,7)8)29(46)32(49)41-25(19-22-17-18-22)30(48)33(50)40-20-26(47)42-28(34(51)44(9)10)23-15-13-12-14-16-23/h12-16,22,24-25,27-29,31H,17-21H2,1-11H3,(H,40,50)(H,41,49)(H,42,47)(H,43,53)/t24-,25?,27-,28-,29-,31+/m0/s1. The van der Waals surface area contributed by atoms with Gasteiger partial charge in [-0.1, -0.05) is 77.8 Å². The summed E-state index contributed by atoms with van der Waals surface area (Å²) in [6.07, 6.45) is 1.95. The second kappa shape index (κ2) is 15.5. The number of benzene rings is 1. The Hall–Kier alpha value is -4.49. The molecule has 292 valence electrons. The Labute approximate surface area is 313 Å². The normalized spacial score (nSPS) is 21.9. The van der Waals surface area contributed by atoms with Gasteiger partial charge in [0, 0.05) is 33.2 Å². The maximum Gasteiger partial charge on any atom is 0.318 e. The minimum atomic E-state index is -1.16. The molecular formula is C39H59N7O7. The lowest BCUT2D eigenvalue weighted by atomic mass is 9.85. The van der Waals surface area contributed by atoms with Crippen LogP contribution in [0.5, 0.6) is 0 Å². The molecule has 1 aliphatic heterocycles. The van der Waals surface area contributed by atoms with Crippen LogP contribution in [0.4, 0.5) is 4.79 Å². The number of amides is 7. The summed E-state index contributed by atoms with van der Waals surface area (Å²) >= 11 is 0. The molecule has 1 aromatic carbocycles. The quantitative estimate of drug-likeness (QED) is 0.225. The first-order valence-corrected chi connectivity index (χ1v) is 18.5. The molecule has 6 atom stereocenters. The van der Waals surface area contributed by atoms with Crippen molar-refractivity contribution in [1.29, 1.82) is 0 Å². The molecule has 1 heterocycles. The van der Waals surface area contributed by atoms with Gasteiger partial charge in [-0.05, 0) is 61.3 Å². The van der Waals surface area contributed by atoms with Crippen molar-refractivity contribution < 1.29 is 33.6 Å². The molecule has 0 radical (unpaired) electrons. The number of rotatable bonds is 13. The maximum absolute atomic E-state index is 14.3. The number of fused-ring (bicyclic) bond motifs is 1. The average molecular weight is 738 g/mol. The second-order valence-corrected chi connectivity index (χ2v) is 17.8. The molecule has 14 nitrogen and oxygen atoms in total. The zero-order valence-electron chi connectivity index (χ0n) is 33.2. The van der Waals surface area contributed by atoms with E-state index in [9.17, 15) is 33.6 Å². The predicted octanol–water partition coefficient (Wildman–Crippen LogP) is 2.24. The van der Waals surface area contributed by atoms with Crippen molar-refractivity contribution >= 4 is 41.4 Å². The summed E-state index contributed by atoms with van der Waals surface area (Å²) in [5.41, 5.74) is -0.850.